The average molecular weight is 279 g/mol. The fraction of sp³-hybridized carbons (Fsp3) is 0.786. The van der Waals surface area contributed by atoms with Gasteiger partial charge in [0.05, 0.1) is 0 Å². The Bertz CT molecular complexity index is 453. The molecule has 1 saturated heterocycles. The molecule has 0 aromatic heterocycles. The summed E-state index contributed by atoms with van der Waals surface area (Å²) >= 11 is 0. The van der Waals surface area contributed by atoms with E-state index in [1.165, 1.54) is 30.6 Å². The van der Waals surface area contributed by atoms with Gasteiger partial charge < -0.3 is 4.90 Å². The number of nitrogens with one attached hydrogen (secondary N) is 1. The lowest BCUT2D eigenvalue weighted by Crippen LogP contribution is -2.60. The Hall–Kier alpha value is -1.43. The van der Waals surface area contributed by atoms with Gasteiger partial charge in [-0.25, -0.2) is 4.79 Å². The minimum atomic E-state index is -0.917. The summed E-state index contributed by atoms with van der Waals surface area (Å²) in [6.45, 7) is 1.04. The Morgan fingerprint density at radius 3 is 2.50 bits per heavy atom. The molecule has 0 radical (unpaired) electrons. The number of hydrogen-bond acceptors (Lipinski definition) is 4. The predicted molar refractivity (Wildman–Crippen MR) is 71.8 cm³/mol. The average Bonchev–Trinajstić information content (AvgIpc) is 3.04. The zero-order valence-electron chi connectivity index (χ0n) is 11.9. The van der Waals surface area contributed by atoms with Gasteiger partial charge >= 0.3 is 6.03 Å². The van der Waals surface area contributed by atoms with Crippen LogP contribution in [0.1, 0.15) is 38.5 Å². The van der Waals surface area contributed by atoms with Crippen molar-refractivity contribution in [3.8, 4) is 0 Å². The lowest BCUT2D eigenvalue weighted by Gasteiger charge is -2.32. The number of nitrogens with zero attached hydrogens (tertiary/aromatic N) is 2. The van der Waals surface area contributed by atoms with E-state index < -0.39 is 17.4 Å². The highest BCUT2D eigenvalue weighted by Crippen LogP contribution is 2.48. The largest absolute Gasteiger partial charge is 0.330 e. The number of urea groups is 1. The highest BCUT2D eigenvalue weighted by Gasteiger charge is 2.62. The van der Waals surface area contributed by atoms with Crippen LogP contribution in [-0.2, 0) is 9.59 Å². The summed E-state index contributed by atoms with van der Waals surface area (Å²) in [4.78, 5) is 39.3. The van der Waals surface area contributed by atoms with Crippen LogP contribution in [0.15, 0.2) is 0 Å². The van der Waals surface area contributed by atoms with Crippen molar-refractivity contribution in [1.82, 2.24) is 15.1 Å². The Kier molecular flexibility index (Phi) is 3.28. The molecule has 0 aromatic rings. The van der Waals surface area contributed by atoms with E-state index >= 15 is 0 Å². The van der Waals surface area contributed by atoms with Crippen LogP contribution in [-0.4, -0.2) is 53.8 Å². The van der Waals surface area contributed by atoms with E-state index in [4.69, 9.17) is 0 Å². The lowest BCUT2D eigenvalue weighted by molar-refractivity contribution is -0.144. The molecule has 0 aromatic carbocycles. The quantitative estimate of drug-likeness (QED) is 0.770. The molecule has 1 spiro atoms. The number of imide groups is 2. The van der Waals surface area contributed by atoms with Gasteiger partial charge in [0.25, 0.3) is 0 Å². The van der Waals surface area contributed by atoms with Crippen LogP contribution in [0.5, 0.6) is 0 Å². The topological polar surface area (TPSA) is 69.7 Å². The van der Waals surface area contributed by atoms with Crippen molar-refractivity contribution in [1.29, 1.82) is 0 Å². The van der Waals surface area contributed by atoms with Crippen molar-refractivity contribution in [2.45, 2.75) is 44.6 Å². The van der Waals surface area contributed by atoms with Gasteiger partial charge in [0.1, 0.15) is 5.41 Å². The molecule has 0 unspecified atom stereocenters. The van der Waals surface area contributed by atoms with Crippen molar-refractivity contribution in [2.24, 2.45) is 5.41 Å². The van der Waals surface area contributed by atoms with Crippen LogP contribution >= 0.6 is 0 Å². The van der Waals surface area contributed by atoms with Crippen molar-refractivity contribution < 1.29 is 14.4 Å². The molecule has 3 fully saturated rings. The minimum Gasteiger partial charge on any atom is -0.302 e. The predicted octanol–water partition coefficient (Wildman–Crippen LogP) is 0.719. The zero-order chi connectivity index (χ0) is 14.3. The van der Waals surface area contributed by atoms with Crippen molar-refractivity contribution in [3.05, 3.63) is 0 Å². The molecule has 0 atom stereocenters. The van der Waals surface area contributed by atoms with Crippen LogP contribution in [0.2, 0.25) is 0 Å². The van der Waals surface area contributed by atoms with E-state index in [1.807, 2.05) is 7.05 Å². The number of likely N-dealkylation sites (N-methyl/N-ethyl adjacent to an activating group) is 1. The van der Waals surface area contributed by atoms with Gasteiger partial charge in [-0.3, -0.25) is 19.8 Å². The molecule has 110 valence electrons. The van der Waals surface area contributed by atoms with Gasteiger partial charge in [-0.15, -0.1) is 0 Å². The summed E-state index contributed by atoms with van der Waals surface area (Å²) in [7, 11) is 2.04. The number of amides is 4. The smallest absolute Gasteiger partial charge is 0.302 e. The fourth-order valence-electron chi connectivity index (χ4n) is 3.29. The molecule has 6 nitrogen and oxygen atoms in total. The first-order valence-electron chi connectivity index (χ1n) is 7.42. The molecule has 3 rings (SSSR count). The van der Waals surface area contributed by atoms with Crippen LogP contribution in [0.25, 0.3) is 0 Å². The second kappa shape index (κ2) is 4.84. The molecular formula is C14H21N3O3. The SMILES string of the molecule is CN(CCN1C(=O)NC(=O)C2(CC2)C1=O)C1CCCC1. The normalized spacial score (nSPS) is 25.7. The number of hydrogen-bond donors (Lipinski definition) is 1. The van der Waals surface area contributed by atoms with Gasteiger partial charge in [-0.05, 0) is 32.7 Å². The van der Waals surface area contributed by atoms with E-state index in [0.29, 0.717) is 32.0 Å². The summed E-state index contributed by atoms with van der Waals surface area (Å²) in [5.74, 6) is -0.709. The molecule has 1 N–H and O–H groups in total. The molecule has 3 aliphatic rings. The van der Waals surface area contributed by atoms with E-state index in [9.17, 15) is 14.4 Å². The summed E-state index contributed by atoms with van der Waals surface area (Å²) in [6.07, 6.45) is 6.05. The maximum atomic E-state index is 12.3. The first-order valence-corrected chi connectivity index (χ1v) is 7.42. The van der Waals surface area contributed by atoms with E-state index in [0.717, 1.165) is 0 Å². The maximum absolute atomic E-state index is 12.3. The number of carbonyl (C=O) groups is 3. The molecule has 0 bridgehead atoms. The standard InChI is InChI=1S/C14H21N3O3/c1-16(10-4-2-3-5-10)8-9-17-12(19)14(6-7-14)11(18)15-13(17)20/h10H,2-9H2,1H3,(H,15,18,20). The molecular weight excluding hydrogens is 258 g/mol. The molecule has 1 heterocycles. The third-order valence-corrected chi connectivity index (χ3v) is 4.93. The Morgan fingerprint density at radius 1 is 1.25 bits per heavy atom. The van der Waals surface area contributed by atoms with E-state index in [2.05, 4.69) is 10.2 Å². The van der Waals surface area contributed by atoms with Gasteiger partial charge in [-0.1, -0.05) is 12.8 Å². The molecule has 4 amide bonds. The maximum Gasteiger partial charge on any atom is 0.330 e. The van der Waals surface area contributed by atoms with Crippen LogP contribution < -0.4 is 5.32 Å². The summed E-state index contributed by atoms with van der Waals surface area (Å²) in [6, 6.07) is 0.00631. The van der Waals surface area contributed by atoms with Crippen molar-refractivity contribution in [3.63, 3.8) is 0 Å². The fourth-order valence-corrected chi connectivity index (χ4v) is 3.29. The van der Waals surface area contributed by atoms with Crippen molar-refractivity contribution in [2.75, 3.05) is 20.1 Å². The number of rotatable bonds is 4. The number of barbiturate groups is 1. The lowest BCUT2D eigenvalue weighted by atomic mass is 10.0. The first-order chi connectivity index (χ1) is 9.54. The molecule has 2 saturated carbocycles. The van der Waals surface area contributed by atoms with Gasteiger partial charge in [0, 0.05) is 19.1 Å². The molecule has 2 aliphatic carbocycles. The van der Waals surface area contributed by atoms with E-state index in [1.54, 1.807) is 0 Å². The Morgan fingerprint density at radius 2 is 1.90 bits per heavy atom. The summed E-state index contributed by atoms with van der Waals surface area (Å²) in [5.41, 5.74) is -0.917. The second-order valence-electron chi connectivity index (χ2n) is 6.22. The zero-order valence-corrected chi connectivity index (χ0v) is 11.9. The second-order valence-corrected chi connectivity index (χ2v) is 6.22. The Labute approximate surface area is 118 Å². The van der Waals surface area contributed by atoms with Crippen LogP contribution in [0, 0.1) is 5.41 Å². The first kappa shape index (κ1) is 13.5. The monoisotopic (exact) mass is 279 g/mol. The third-order valence-electron chi connectivity index (χ3n) is 4.93. The van der Waals surface area contributed by atoms with Gasteiger partial charge in [0.2, 0.25) is 11.8 Å². The van der Waals surface area contributed by atoms with E-state index in [-0.39, 0.29) is 5.91 Å². The van der Waals surface area contributed by atoms with Crippen molar-refractivity contribution >= 4 is 17.8 Å². The summed E-state index contributed by atoms with van der Waals surface area (Å²) < 4.78 is 0. The van der Waals surface area contributed by atoms with Crippen LogP contribution in [0.4, 0.5) is 4.79 Å². The highest BCUT2D eigenvalue weighted by atomic mass is 16.2. The molecule has 6 heteroatoms. The number of carbonyl (C=O) groups excluding carboxylic acids is 3. The summed E-state index contributed by atoms with van der Waals surface area (Å²) in [5, 5.41) is 2.31. The minimum absolute atomic E-state index is 0.300. The molecule has 20 heavy (non-hydrogen) atoms. The van der Waals surface area contributed by atoms with Gasteiger partial charge in [-0.2, -0.15) is 0 Å². The van der Waals surface area contributed by atoms with Gasteiger partial charge in [0.15, 0.2) is 0 Å². The Balaban J connectivity index is 1.60. The third kappa shape index (κ3) is 2.12. The highest BCUT2D eigenvalue weighted by molar-refractivity contribution is 6.20. The van der Waals surface area contributed by atoms with Crippen LogP contribution in [0.3, 0.4) is 0 Å². The molecule has 1 aliphatic heterocycles.